The van der Waals surface area contributed by atoms with E-state index in [1.54, 1.807) is 0 Å². The highest BCUT2D eigenvalue weighted by Gasteiger charge is 2.52. The van der Waals surface area contributed by atoms with Crippen molar-refractivity contribution in [1.82, 2.24) is 0 Å². The van der Waals surface area contributed by atoms with Crippen LogP contribution < -0.4 is 14.9 Å². The first-order valence-corrected chi connectivity index (χ1v) is 20.0. The average Bonchev–Trinajstić information content (AvgIpc) is 3.28. The monoisotopic (exact) mass is 934 g/mol. The van der Waals surface area contributed by atoms with Gasteiger partial charge < -0.3 is 124 Å². The van der Waals surface area contributed by atoms with Crippen LogP contribution in [0.25, 0.3) is 22.3 Å². The van der Waals surface area contributed by atoms with Crippen molar-refractivity contribution >= 4 is 11.0 Å². The number of phenols is 3. The van der Waals surface area contributed by atoms with E-state index in [2.05, 4.69) is 0 Å². The van der Waals surface area contributed by atoms with E-state index in [0.29, 0.717) is 0 Å². The minimum Gasteiger partial charge on any atom is -0.507 e. The van der Waals surface area contributed by atoms with Gasteiger partial charge in [0.2, 0.25) is 23.8 Å². The van der Waals surface area contributed by atoms with Crippen molar-refractivity contribution < 1.29 is 124 Å². The zero-order valence-corrected chi connectivity index (χ0v) is 33.8. The molecule has 5 heterocycles. The van der Waals surface area contributed by atoms with Crippen LogP contribution >= 0.6 is 0 Å². The molecule has 20 unspecified atom stereocenters. The van der Waals surface area contributed by atoms with Gasteiger partial charge in [-0.1, -0.05) is 0 Å². The van der Waals surface area contributed by atoms with Crippen LogP contribution in [0.1, 0.15) is 6.92 Å². The van der Waals surface area contributed by atoms with Crippen molar-refractivity contribution in [3.63, 3.8) is 0 Å². The lowest BCUT2D eigenvalue weighted by molar-refractivity contribution is -0.357. The molecule has 0 amide bonds. The van der Waals surface area contributed by atoms with Gasteiger partial charge in [0, 0.05) is 17.7 Å². The zero-order chi connectivity index (χ0) is 47.3. The summed E-state index contributed by atoms with van der Waals surface area (Å²) in [5.41, 5.74) is -1.88. The summed E-state index contributed by atoms with van der Waals surface area (Å²) in [6.07, 6.45) is -35.4. The van der Waals surface area contributed by atoms with E-state index >= 15 is 0 Å². The fraction of sp³-hybridized carbons (Fsp3) is 0.615. The van der Waals surface area contributed by atoms with Gasteiger partial charge in [-0.05, 0) is 25.1 Å². The van der Waals surface area contributed by atoms with Crippen LogP contribution in [0.4, 0.5) is 0 Å². The van der Waals surface area contributed by atoms with Gasteiger partial charge in [0.15, 0.2) is 35.9 Å². The third-order valence-electron chi connectivity index (χ3n) is 11.5. The highest BCUT2D eigenvalue weighted by Crippen LogP contribution is 2.41. The van der Waals surface area contributed by atoms with Crippen LogP contribution in [-0.4, -0.2) is 224 Å². The maximum absolute atomic E-state index is 14.3. The number of rotatable bonds is 12. The average molecular weight is 935 g/mol. The molecule has 26 nitrogen and oxygen atoms in total. The Kier molecular flexibility index (Phi) is 14.7. The van der Waals surface area contributed by atoms with Crippen molar-refractivity contribution in [1.29, 1.82) is 0 Å². The molecule has 0 spiro atoms. The molecule has 3 aromatic rings. The molecule has 20 atom stereocenters. The topological polar surface area (TPSA) is 428 Å². The first-order chi connectivity index (χ1) is 30.7. The van der Waals surface area contributed by atoms with Gasteiger partial charge in [-0.3, -0.25) is 4.79 Å². The first-order valence-electron chi connectivity index (χ1n) is 20.0. The van der Waals surface area contributed by atoms with E-state index in [1.165, 1.54) is 6.92 Å². The van der Waals surface area contributed by atoms with E-state index in [4.69, 9.17) is 42.3 Å². The SMILES string of the molecule is CC1OC(OCC2OC(Oc3c(-c4ccc(O)c(O)c4)oc4cc(OC5OC(CO)C(O)C(O)C5OC5OC(CO)C(O)C(O)C5O)cc(O)c4c3=O)C(O)C(O)C2O)C(O)C(O)C1O. The predicted molar refractivity (Wildman–Crippen MR) is 206 cm³/mol. The van der Waals surface area contributed by atoms with Crippen LogP contribution in [0, 0.1) is 0 Å². The fourth-order valence-electron chi connectivity index (χ4n) is 7.66. The molecule has 2 aromatic carbocycles. The molecule has 65 heavy (non-hydrogen) atoms. The predicted octanol–water partition coefficient (Wildman–Crippen LogP) is -6.39. The van der Waals surface area contributed by atoms with Gasteiger partial charge in [0.25, 0.3) is 0 Å². The van der Waals surface area contributed by atoms with E-state index in [0.717, 1.165) is 30.3 Å². The summed E-state index contributed by atoms with van der Waals surface area (Å²) in [6.45, 7) is -1.05. The number of phenolic OH excluding ortho intramolecular Hbond substituents is 3. The molecule has 4 aliphatic rings. The van der Waals surface area contributed by atoms with Crippen molar-refractivity contribution in [3.8, 4) is 40.1 Å². The van der Waals surface area contributed by atoms with E-state index in [-0.39, 0.29) is 5.56 Å². The molecule has 7 rings (SSSR count). The second kappa shape index (κ2) is 19.6. The van der Waals surface area contributed by atoms with Crippen LogP contribution in [0.2, 0.25) is 0 Å². The summed E-state index contributed by atoms with van der Waals surface area (Å²) < 4.78 is 50.9. The van der Waals surface area contributed by atoms with Gasteiger partial charge in [-0.15, -0.1) is 0 Å². The standard InChI is InChI=1S/C39H50O26/c1-10-21(45)26(50)30(54)36(58-10)57-9-19-24(48)28(52)32(56)38(63-19)64-34-25(49)20-15(44)5-12(6-16(20)60-33(34)11-2-3-13(42)14(43)4-11)59-39-35(29(53)23(47)18(8-41)62-39)65-37-31(55)27(51)22(46)17(7-40)61-37/h2-6,10,17-19,21-24,26-32,35-48,50-56H,7-9H2,1H3. The number of aliphatic hydroxyl groups is 13. The maximum Gasteiger partial charge on any atom is 0.239 e. The second-order valence-corrected chi connectivity index (χ2v) is 15.9. The Morgan fingerprint density at radius 3 is 1.77 bits per heavy atom. The van der Waals surface area contributed by atoms with Gasteiger partial charge >= 0.3 is 0 Å². The normalized spacial score (nSPS) is 40.2. The van der Waals surface area contributed by atoms with Gasteiger partial charge in [0.05, 0.1) is 25.9 Å². The summed E-state index contributed by atoms with van der Waals surface area (Å²) in [5, 5.41) is 167. The second-order valence-electron chi connectivity index (χ2n) is 15.9. The molecule has 362 valence electrons. The summed E-state index contributed by atoms with van der Waals surface area (Å²) in [4.78, 5) is 14.3. The van der Waals surface area contributed by atoms with E-state index in [9.17, 15) is 86.5 Å². The molecule has 0 bridgehead atoms. The number of ether oxygens (including phenoxy) is 8. The third kappa shape index (κ3) is 9.43. The highest BCUT2D eigenvalue weighted by molar-refractivity contribution is 5.88. The summed E-state index contributed by atoms with van der Waals surface area (Å²) in [5.74, 6) is -4.06. The molecule has 0 aliphatic carbocycles. The Balaban J connectivity index is 1.21. The first kappa shape index (κ1) is 48.8. The maximum atomic E-state index is 14.3. The summed E-state index contributed by atoms with van der Waals surface area (Å²) in [6, 6.07) is 4.93. The zero-order valence-electron chi connectivity index (χ0n) is 33.8. The van der Waals surface area contributed by atoms with Crippen LogP contribution in [0.15, 0.2) is 39.5 Å². The lowest BCUT2D eigenvalue weighted by atomic mass is 9.97. The van der Waals surface area contributed by atoms with Crippen LogP contribution in [0.5, 0.6) is 28.7 Å². The summed E-state index contributed by atoms with van der Waals surface area (Å²) >= 11 is 0. The molecular weight excluding hydrogens is 884 g/mol. The molecule has 0 saturated carbocycles. The molecular formula is C39H50O26. The number of hydrogen-bond acceptors (Lipinski definition) is 26. The molecule has 16 N–H and O–H groups in total. The fourth-order valence-corrected chi connectivity index (χ4v) is 7.66. The van der Waals surface area contributed by atoms with Crippen molar-refractivity contribution in [3.05, 3.63) is 40.6 Å². The third-order valence-corrected chi connectivity index (χ3v) is 11.5. The molecule has 26 heteroatoms. The quantitative estimate of drug-likeness (QED) is 0.0751. The number of hydrogen-bond donors (Lipinski definition) is 16. The van der Waals surface area contributed by atoms with E-state index < -0.39 is 194 Å². The Morgan fingerprint density at radius 2 is 1.12 bits per heavy atom. The highest BCUT2D eigenvalue weighted by atomic mass is 16.8. The van der Waals surface area contributed by atoms with E-state index in [1.807, 2.05) is 0 Å². The summed E-state index contributed by atoms with van der Waals surface area (Å²) in [7, 11) is 0. The molecule has 0 radical (unpaired) electrons. The minimum atomic E-state index is -2.11. The van der Waals surface area contributed by atoms with Crippen molar-refractivity contribution in [2.45, 2.75) is 130 Å². The number of fused-ring (bicyclic) bond motifs is 1. The minimum absolute atomic E-state index is 0.185. The number of benzene rings is 2. The number of aliphatic hydroxyl groups excluding tert-OH is 13. The Morgan fingerprint density at radius 1 is 0.554 bits per heavy atom. The molecule has 4 aliphatic heterocycles. The Labute approximate surface area is 364 Å². The van der Waals surface area contributed by atoms with Crippen LogP contribution in [-0.2, 0) is 28.4 Å². The molecule has 4 saturated heterocycles. The van der Waals surface area contributed by atoms with Gasteiger partial charge in [0.1, 0.15) is 108 Å². The molecule has 1 aromatic heterocycles. The Hall–Kier alpha value is -4.11. The largest absolute Gasteiger partial charge is 0.507 e. The van der Waals surface area contributed by atoms with Crippen molar-refractivity contribution in [2.24, 2.45) is 0 Å². The Bertz CT molecular complexity index is 2170. The van der Waals surface area contributed by atoms with Crippen LogP contribution in [0.3, 0.4) is 0 Å². The lowest BCUT2D eigenvalue weighted by Gasteiger charge is -2.45. The smallest absolute Gasteiger partial charge is 0.239 e. The molecule has 4 fully saturated rings. The van der Waals surface area contributed by atoms with Crippen molar-refractivity contribution in [2.75, 3.05) is 19.8 Å². The van der Waals surface area contributed by atoms with Gasteiger partial charge in [-0.2, -0.15) is 0 Å². The number of aromatic hydroxyl groups is 3. The lowest BCUT2D eigenvalue weighted by Crippen LogP contribution is -2.65. The van der Waals surface area contributed by atoms with Gasteiger partial charge in [-0.25, -0.2) is 0 Å².